The van der Waals surface area contributed by atoms with Crippen LogP contribution in [-0.2, 0) is 11.2 Å². The first-order valence-electron chi connectivity index (χ1n) is 6.10. The Morgan fingerprint density at radius 1 is 1.32 bits per heavy atom. The van der Waals surface area contributed by atoms with Crippen molar-refractivity contribution in [3.63, 3.8) is 0 Å². The summed E-state index contributed by atoms with van der Waals surface area (Å²) in [5.41, 5.74) is 1.26. The maximum absolute atomic E-state index is 13.5. The Morgan fingerprint density at radius 2 is 1.95 bits per heavy atom. The number of methoxy groups -OCH3 is 2. The number of aliphatic carboxylic acids is 1. The average molecular weight is 270 g/mol. The Morgan fingerprint density at radius 3 is 2.42 bits per heavy atom. The van der Waals surface area contributed by atoms with E-state index >= 15 is 0 Å². The lowest BCUT2D eigenvalue weighted by Gasteiger charge is -2.15. The van der Waals surface area contributed by atoms with E-state index in [1.807, 2.05) is 0 Å². The predicted molar refractivity (Wildman–Crippen MR) is 69.6 cm³/mol. The number of alkyl halides is 1. The van der Waals surface area contributed by atoms with E-state index in [4.69, 9.17) is 14.6 Å². The van der Waals surface area contributed by atoms with Crippen LogP contribution >= 0.6 is 0 Å². The molecule has 0 aliphatic heterocycles. The third kappa shape index (κ3) is 4.12. The van der Waals surface area contributed by atoms with Crippen LogP contribution in [0.25, 0.3) is 0 Å². The van der Waals surface area contributed by atoms with Crippen molar-refractivity contribution in [3.8, 4) is 11.5 Å². The average Bonchev–Trinajstić information content (AvgIpc) is 2.37. The highest BCUT2D eigenvalue weighted by atomic mass is 19.1. The Labute approximate surface area is 112 Å². The van der Waals surface area contributed by atoms with Crippen molar-refractivity contribution >= 4 is 5.97 Å². The number of halogens is 1. The van der Waals surface area contributed by atoms with Gasteiger partial charge in [0.05, 0.1) is 14.2 Å². The maximum atomic E-state index is 13.5. The number of rotatable bonds is 7. The number of carboxylic acids is 1. The third-order valence-corrected chi connectivity index (χ3v) is 2.90. The van der Waals surface area contributed by atoms with Gasteiger partial charge in [0.1, 0.15) is 17.7 Å². The summed E-state index contributed by atoms with van der Waals surface area (Å²) in [6, 6.07) is 3.33. The molecule has 0 aromatic heterocycles. The lowest BCUT2D eigenvalue weighted by Crippen LogP contribution is -2.01. The van der Waals surface area contributed by atoms with Crippen molar-refractivity contribution in [2.45, 2.75) is 32.4 Å². The highest BCUT2D eigenvalue weighted by Gasteiger charge is 2.15. The summed E-state index contributed by atoms with van der Waals surface area (Å²) in [5, 5.41) is 8.63. The van der Waals surface area contributed by atoms with Crippen LogP contribution in [0, 0.1) is 0 Å². The molecule has 0 aliphatic carbocycles. The van der Waals surface area contributed by atoms with Crippen LogP contribution < -0.4 is 9.47 Å². The molecule has 0 fully saturated rings. The van der Waals surface area contributed by atoms with E-state index in [1.54, 1.807) is 12.1 Å². The second kappa shape index (κ2) is 6.97. The molecule has 0 spiro atoms. The monoisotopic (exact) mass is 270 g/mol. The zero-order valence-electron chi connectivity index (χ0n) is 11.4. The number of carbonyl (C=O) groups is 1. The van der Waals surface area contributed by atoms with Gasteiger partial charge < -0.3 is 14.6 Å². The van der Waals surface area contributed by atoms with Crippen LogP contribution in [0.3, 0.4) is 0 Å². The van der Waals surface area contributed by atoms with E-state index in [2.05, 4.69) is 0 Å². The van der Waals surface area contributed by atoms with Gasteiger partial charge in [0.15, 0.2) is 0 Å². The summed E-state index contributed by atoms with van der Waals surface area (Å²) in [6.45, 7) is 1.43. The smallest absolute Gasteiger partial charge is 0.303 e. The van der Waals surface area contributed by atoms with Gasteiger partial charge in [-0.15, -0.1) is 0 Å². The molecule has 4 nitrogen and oxygen atoms in total. The Balaban J connectivity index is 2.99. The number of hydrogen-bond acceptors (Lipinski definition) is 3. The first kappa shape index (κ1) is 15.3. The lowest BCUT2D eigenvalue weighted by molar-refractivity contribution is -0.137. The van der Waals surface area contributed by atoms with Crippen LogP contribution in [0.15, 0.2) is 12.1 Å². The highest BCUT2D eigenvalue weighted by molar-refractivity contribution is 5.66. The van der Waals surface area contributed by atoms with E-state index in [9.17, 15) is 9.18 Å². The van der Waals surface area contributed by atoms with Gasteiger partial charge in [0.2, 0.25) is 0 Å². The molecular weight excluding hydrogens is 251 g/mol. The van der Waals surface area contributed by atoms with Gasteiger partial charge >= 0.3 is 5.97 Å². The number of ether oxygens (including phenoxy) is 2. The van der Waals surface area contributed by atoms with Gasteiger partial charge in [-0.1, -0.05) is 0 Å². The van der Waals surface area contributed by atoms with E-state index in [0.717, 1.165) is 5.56 Å². The summed E-state index contributed by atoms with van der Waals surface area (Å²) in [6.07, 6.45) is -0.0178. The first-order valence-corrected chi connectivity index (χ1v) is 6.10. The zero-order chi connectivity index (χ0) is 14.4. The third-order valence-electron chi connectivity index (χ3n) is 2.90. The summed E-state index contributed by atoms with van der Waals surface area (Å²) in [5.74, 6) is 0.187. The summed E-state index contributed by atoms with van der Waals surface area (Å²) < 4.78 is 23.9. The van der Waals surface area contributed by atoms with Crippen LogP contribution in [-0.4, -0.2) is 25.3 Å². The van der Waals surface area contributed by atoms with Gasteiger partial charge in [-0.25, -0.2) is 4.39 Å². The summed E-state index contributed by atoms with van der Waals surface area (Å²) in [4.78, 5) is 10.5. The fourth-order valence-corrected chi connectivity index (χ4v) is 1.92. The second-order valence-corrected chi connectivity index (χ2v) is 4.27. The standard InChI is InChI=1S/C14H19FO4/c1-9(15)11-8-12(18-2)10(7-13(11)19-3)5-4-6-14(16)17/h7-9H,4-6H2,1-3H3,(H,16,17). The molecule has 1 aromatic carbocycles. The molecule has 1 atom stereocenters. The zero-order valence-corrected chi connectivity index (χ0v) is 11.4. The Hall–Kier alpha value is -1.78. The second-order valence-electron chi connectivity index (χ2n) is 4.27. The molecule has 106 valence electrons. The molecule has 1 unspecified atom stereocenters. The van der Waals surface area contributed by atoms with Gasteiger partial charge in [-0.05, 0) is 37.5 Å². The number of aryl methyl sites for hydroxylation is 1. The predicted octanol–water partition coefficient (Wildman–Crippen LogP) is 3.14. The number of hydrogen-bond donors (Lipinski definition) is 1. The van der Waals surface area contributed by atoms with E-state index < -0.39 is 12.1 Å². The molecule has 1 rings (SSSR count). The fraction of sp³-hybridized carbons (Fsp3) is 0.500. The normalized spacial score (nSPS) is 12.0. The van der Waals surface area contributed by atoms with Gasteiger partial charge in [0, 0.05) is 12.0 Å². The van der Waals surface area contributed by atoms with E-state index in [1.165, 1.54) is 21.1 Å². The quantitative estimate of drug-likeness (QED) is 0.827. The minimum Gasteiger partial charge on any atom is -0.496 e. The van der Waals surface area contributed by atoms with Gasteiger partial charge in [-0.2, -0.15) is 0 Å². The van der Waals surface area contributed by atoms with Crippen LogP contribution in [0.4, 0.5) is 4.39 Å². The molecule has 0 saturated carbocycles. The van der Waals surface area contributed by atoms with Gasteiger partial charge in [0.25, 0.3) is 0 Å². The highest BCUT2D eigenvalue weighted by Crippen LogP contribution is 2.34. The van der Waals surface area contributed by atoms with Crippen LogP contribution in [0.2, 0.25) is 0 Å². The van der Waals surface area contributed by atoms with Crippen molar-refractivity contribution in [2.75, 3.05) is 14.2 Å². The largest absolute Gasteiger partial charge is 0.496 e. The summed E-state index contributed by atoms with van der Waals surface area (Å²) in [7, 11) is 2.99. The molecule has 0 bridgehead atoms. The summed E-state index contributed by atoms with van der Waals surface area (Å²) >= 11 is 0. The molecule has 1 aromatic rings. The lowest BCUT2D eigenvalue weighted by atomic mass is 10.0. The first-order chi connectivity index (χ1) is 8.99. The topological polar surface area (TPSA) is 55.8 Å². The molecule has 1 N–H and O–H groups in total. The molecule has 0 heterocycles. The maximum Gasteiger partial charge on any atom is 0.303 e. The molecular formula is C14H19FO4. The molecule has 0 saturated heterocycles. The van der Waals surface area contributed by atoms with Crippen LogP contribution in [0.5, 0.6) is 11.5 Å². The van der Waals surface area contributed by atoms with Gasteiger partial charge in [-0.3, -0.25) is 4.79 Å². The SMILES string of the molecule is COc1cc(C(C)F)c(OC)cc1CCCC(=O)O. The van der Waals surface area contributed by atoms with Crippen LogP contribution in [0.1, 0.15) is 37.1 Å². The minimum atomic E-state index is -1.16. The van der Waals surface area contributed by atoms with E-state index in [0.29, 0.717) is 29.9 Å². The number of carboxylic acid groups (broad SMARTS) is 1. The molecule has 5 heteroatoms. The Kier molecular flexibility index (Phi) is 5.60. The van der Waals surface area contributed by atoms with Crippen molar-refractivity contribution in [2.24, 2.45) is 0 Å². The van der Waals surface area contributed by atoms with Crippen molar-refractivity contribution in [3.05, 3.63) is 23.3 Å². The van der Waals surface area contributed by atoms with Crippen molar-refractivity contribution in [1.82, 2.24) is 0 Å². The molecule has 0 aliphatic rings. The van der Waals surface area contributed by atoms with Crippen molar-refractivity contribution in [1.29, 1.82) is 0 Å². The molecule has 0 radical (unpaired) electrons. The molecule has 19 heavy (non-hydrogen) atoms. The number of benzene rings is 1. The molecule has 0 amide bonds. The van der Waals surface area contributed by atoms with E-state index in [-0.39, 0.29) is 6.42 Å². The fourth-order valence-electron chi connectivity index (χ4n) is 1.92. The Bertz CT molecular complexity index is 443. The minimum absolute atomic E-state index is 0.0900. The van der Waals surface area contributed by atoms with Crippen molar-refractivity contribution < 1.29 is 23.8 Å².